The molecule has 0 saturated heterocycles. The molecule has 22 heavy (non-hydrogen) atoms. The lowest BCUT2D eigenvalue weighted by Gasteiger charge is -2.20. The zero-order chi connectivity index (χ0) is 16.1. The lowest BCUT2D eigenvalue weighted by Crippen LogP contribution is -2.29. The van der Waals surface area contributed by atoms with Crippen LogP contribution in [0.5, 0.6) is 0 Å². The van der Waals surface area contributed by atoms with E-state index in [0.717, 1.165) is 28.6 Å². The first kappa shape index (κ1) is 16.4. The van der Waals surface area contributed by atoms with Crippen molar-refractivity contribution in [3.63, 3.8) is 0 Å². The third-order valence-corrected chi connectivity index (χ3v) is 4.28. The van der Waals surface area contributed by atoms with Crippen molar-refractivity contribution in [1.29, 1.82) is 0 Å². The number of anilines is 1. The van der Waals surface area contributed by atoms with E-state index in [4.69, 9.17) is 5.11 Å². The van der Waals surface area contributed by atoms with E-state index in [0.29, 0.717) is 12.8 Å². The number of aliphatic carboxylic acids is 1. The van der Waals surface area contributed by atoms with E-state index < -0.39 is 5.97 Å². The van der Waals surface area contributed by atoms with Crippen molar-refractivity contribution in [2.75, 3.05) is 16.8 Å². The number of carbonyl (C=O) groups excluding carboxylic acids is 2. The van der Waals surface area contributed by atoms with Crippen LogP contribution in [0.15, 0.2) is 18.2 Å². The molecule has 0 bridgehead atoms. The van der Waals surface area contributed by atoms with Crippen molar-refractivity contribution in [1.82, 2.24) is 5.32 Å². The minimum absolute atomic E-state index is 0.0251. The molecular formula is C15H18N2O4S. The van der Waals surface area contributed by atoms with Crippen LogP contribution < -0.4 is 10.6 Å². The van der Waals surface area contributed by atoms with E-state index in [1.165, 1.54) is 0 Å². The number of rotatable bonds is 6. The highest BCUT2D eigenvalue weighted by atomic mass is 32.2. The second kappa shape index (κ2) is 7.31. The van der Waals surface area contributed by atoms with Crippen molar-refractivity contribution in [2.45, 2.75) is 25.8 Å². The lowest BCUT2D eigenvalue weighted by atomic mass is 9.98. The van der Waals surface area contributed by atoms with Gasteiger partial charge in [0, 0.05) is 12.1 Å². The van der Waals surface area contributed by atoms with Gasteiger partial charge >= 0.3 is 5.97 Å². The fraction of sp³-hybridized carbons (Fsp3) is 0.400. The highest BCUT2D eigenvalue weighted by molar-refractivity contribution is 8.00. The predicted molar refractivity (Wildman–Crippen MR) is 84.9 cm³/mol. The first-order valence-corrected chi connectivity index (χ1v) is 8.12. The van der Waals surface area contributed by atoms with Crippen LogP contribution in [0, 0.1) is 0 Å². The molecule has 0 radical (unpaired) electrons. The SMILES string of the molecule is CC(NC(=O)CSCC(=O)O)c1ccc2c(c1)CCC(=O)N2. The highest BCUT2D eigenvalue weighted by Crippen LogP contribution is 2.26. The second-order valence-corrected chi connectivity index (χ2v) is 6.13. The molecule has 0 aliphatic carbocycles. The quantitative estimate of drug-likeness (QED) is 0.739. The molecule has 1 atom stereocenters. The third kappa shape index (κ3) is 4.49. The molecule has 6 nitrogen and oxygen atoms in total. The Morgan fingerprint density at radius 3 is 2.86 bits per heavy atom. The summed E-state index contributed by atoms with van der Waals surface area (Å²) >= 11 is 1.07. The number of nitrogens with one attached hydrogen (secondary N) is 2. The van der Waals surface area contributed by atoms with Crippen molar-refractivity contribution in [2.24, 2.45) is 0 Å². The Morgan fingerprint density at radius 1 is 1.36 bits per heavy atom. The maximum Gasteiger partial charge on any atom is 0.313 e. The first-order chi connectivity index (χ1) is 10.5. The minimum Gasteiger partial charge on any atom is -0.481 e. The summed E-state index contributed by atoms with van der Waals surface area (Å²) in [5, 5.41) is 14.2. The van der Waals surface area contributed by atoms with E-state index >= 15 is 0 Å². The number of benzene rings is 1. The van der Waals surface area contributed by atoms with Crippen LogP contribution in [0.4, 0.5) is 5.69 Å². The number of amides is 2. The molecule has 2 rings (SSSR count). The predicted octanol–water partition coefficient (Wildman–Crippen LogP) is 1.57. The molecular weight excluding hydrogens is 304 g/mol. The molecule has 1 aliphatic rings. The average molecular weight is 322 g/mol. The van der Waals surface area contributed by atoms with Gasteiger partial charge in [-0.25, -0.2) is 0 Å². The summed E-state index contributed by atoms with van der Waals surface area (Å²) in [5.74, 6) is -1.05. The second-order valence-electron chi connectivity index (χ2n) is 5.14. The Labute approximate surface area is 132 Å². The summed E-state index contributed by atoms with van der Waals surface area (Å²) < 4.78 is 0. The molecule has 2 amide bonds. The molecule has 1 aromatic carbocycles. The zero-order valence-corrected chi connectivity index (χ0v) is 13.0. The molecule has 0 spiro atoms. The molecule has 118 valence electrons. The molecule has 0 fully saturated rings. The van der Waals surface area contributed by atoms with Crippen LogP contribution in [0.25, 0.3) is 0 Å². The molecule has 7 heteroatoms. The van der Waals surface area contributed by atoms with Crippen molar-refractivity contribution < 1.29 is 19.5 Å². The van der Waals surface area contributed by atoms with Crippen LogP contribution in [0.3, 0.4) is 0 Å². The van der Waals surface area contributed by atoms with Gasteiger partial charge in [-0.3, -0.25) is 14.4 Å². The first-order valence-electron chi connectivity index (χ1n) is 6.97. The largest absolute Gasteiger partial charge is 0.481 e. The number of carbonyl (C=O) groups is 3. The Balaban J connectivity index is 1.92. The number of carboxylic acids is 1. The summed E-state index contributed by atoms with van der Waals surface area (Å²) in [6.07, 6.45) is 1.17. The summed E-state index contributed by atoms with van der Waals surface area (Å²) in [6, 6.07) is 5.55. The monoisotopic (exact) mass is 322 g/mol. The average Bonchev–Trinajstić information content (AvgIpc) is 2.46. The van der Waals surface area contributed by atoms with Gasteiger partial charge in [-0.05, 0) is 30.5 Å². The third-order valence-electron chi connectivity index (χ3n) is 3.36. The number of carboxylic acid groups (broad SMARTS) is 1. The Morgan fingerprint density at radius 2 is 2.14 bits per heavy atom. The molecule has 3 N–H and O–H groups in total. The van der Waals surface area contributed by atoms with Gasteiger partial charge in [0.05, 0.1) is 17.5 Å². The number of hydrogen-bond donors (Lipinski definition) is 3. The minimum atomic E-state index is -0.928. The van der Waals surface area contributed by atoms with Crippen LogP contribution in [0.2, 0.25) is 0 Å². The van der Waals surface area contributed by atoms with Gasteiger partial charge in [-0.1, -0.05) is 12.1 Å². The number of hydrogen-bond acceptors (Lipinski definition) is 4. The van der Waals surface area contributed by atoms with E-state index in [2.05, 4.69) is 10.6 Å². The van der Waals surface area contributed by atoms with Gasteiger partial charge in [0.15, 0.2) is 0 Å². The summed E-state index contributed by atoms with van der Waals surface area (Å²) in [6.45, 7) is 1.88. The van der Waals surface area contributed by atoms with Crippen molar-refractivity contribution in [3.05, 3.63) is 29.3 Å². The molecule has 1 heterocycles. The van der Waals surface area contributed by atoms with Gasteiger partial charge in [0.2, 0.25) is 11.8 Å². The molecule has 0 saturated carbocycles. The smallest absolute Gasteiger partial charge is 0.313 e. The Kier molecular flexibility index (Phi) is 5.43. The molecule has 1 aromatic rings. The van der Waals surface area contributed by atoms with Crippen molar-refractivity contribution >= 4 is 35.2 Å². The molecule has 1 aliphatic heterocycles. The van der Waals surface area contributed by atoms with Gasteiger partial charge in [-0.15, -0.1) is 11.8 Å². The van der Waals surface area contributed by atoms with Crippen LogP contribution in [-0.2, 0) is 20.8 Å². The summed E-state index contributed by atoms with van der Waals surface area (Å²) in [5.41, 5.74) is 2.86. The summed E-state index contributed by atoms with van der Waals surface area (Å²) in [7, 11) is 0. The van der Waals surface area contributed by atoms with Crippen LogP contribution >= 0.6 is 11.8 Å². The number of thioether (sulfide) groups is 1. The Hall–Kier alpha value is -2.02. The van der Waals surface area contributed by atoms with E-state index in [9.17, 15) is 14.4 Å². The zero-order valence-electron chi connectivity index (χ0n) is 12.2. The van der Waals surface area contributed by atoms with Crippen LogP contribution in [0.1, 0.15) is 30.5 Å². The van der Waals surface area contributed by atoms with Gasteiger partial charge in [0.1, 0.15) is 0 Å². The fourth-order valence-corrected chi connectivity index (χ4v) is 2.82. The van der Waals surface area contributed by atoms with Gasteiger partial charge in [0.25, 0.3) is 0 Å². The fourth-order valence-electron chi connectivity index (χ4n) is 2.27. The number of fused-ring (bicyclic) bond motifs is 1. The molecule has 0 aromatic heterocycles. The van der Waals surface area contributed by atoms with E-state index in [1.54, 1.807) is 0 Å². The topological polar surface area (TPSA) is 95.5 Å². The lowest BCUT2D eigenvalue weighted by molar-refractivity contribution is -0.133. The molecule has 1 unspecified atom stereocenters. The van der Waals surface area contributed by atoms with E-state index in [1.807, 2.05) is 25.1 Å². The van der Waals surface area contributed by atoms with Gasteiger partial charge in [-0.2, -0.15) is 0 Å². The maximum absolute atomic E-state index is 11.8. The Bertz CT molecular complexity index is 603. The standard InChI is InChI=1S/C15H18N2O4S/c1-9(16-14(19)7-22-8-15(20)21)10-2-4-12-11(6-10)3-5-13(18)17-12/h2,4,6,9H,3,5,7-8H2,1H3,(H,16,19)(H,17,18)(H,20,21). The van der Waals surface area contributed by atoms with E-state index in [-0.39, 0.29) is 29.4 Å². The highest BCUT2D eigenvalue weighted by Gasteiger charge is 2.17. The van der Waals surface area contributed by atoms with Gasteiger partial charge < -0.3 is 15.7 Å². The van der Waals surface area contributed by atoms with Crippen molar-refractivity contribution in [3.8, 4) is 0 Å². The maximum atomic E-state index is 11.8. The summed E-state index contributed by atoms with van der Waals surface area (Å²) in [4.78, 5) is 33.5. The normalized spacial score (nSPS) is 14.7. The van der Waals surface area contributed by atoms with Crippen LogP contribution in [-0.4, -0.2) is 34.4 Å². The number of aryl methyl sites for hydroxylation is 1.